The van der Waals surface area contributed by atoms with E-state index in [0.717, 1.165) is 24.6 Å². The zero-order valence-corrected chi connectivity index (χ0v) is 10.1. The first-order valence-electron chi connectivity index (χ1n) is 6.04. The van der Waals surface area contributed by atoms with Crippen molar-refractivity contribution in [3.8, 4) is 0 Å². The first-order chi connectivity index (χ1) is 7.65. The number of rotatable bonds is 3. The van der Waals surface area contributed by atoms with E-state index >= 15 is 0 Å². The fourth-order valence-electron chi connectivity index (χ4n) is 2.32. The minimum atomic E-state index is -0.0599. The smallest absolute Gasteiger partial charge is 0.194 e. The van der Waals surface area contributed by atoms with Crippen LogP contribution in [0.4, 0.5) is 0 Å². The summed E-state index contributed by atoms with van der Waals surface area (Å²) in [7, 11) is 2.18. The highest BCUT2D eigenvalue weighted by atomic mass is 16.4. The minimum Gasteiger partial charge on any atom is -0.444 e. The number of likely N-dealkylation sites (tertiary alicyclic amines) is 1. The highest BCUT2D eigenvalue weighted by molar-refractivity contribution is 4.99. The molecule has 0 amide bonds. The summed E-state index contributed by atoms with van der Waals surface area (Å²) < 4.78 is 5.63. The van der Waals surface area contributed by atoms with Gasteiger partial charge in [-0.15, -0.1) is 0 Å². The molecule has 2 heterocycles. The van der Waals surface area contributed by atoms with E-state index in [1.54, 1.807) is 6.20 Å². The van der Waals surface area contributed by atoms with Crippen LogP contribution in [0.25, 0.3) is 0 Å². The van der Waals surface area contributed by atoms with E-state index in [2.05, 4.69) is 16.9 Å². The first-order valence-corrected chi connectivity index (χ1v) is 6.04. The maximum atomic E-state index is 5.74. The summed E-state index contributed by atoms with van der Waals surface area (Å²) in [6.07, 6.45) is 5.26. The fourth-order valence-corrected chi connectivity index (χ4v) is 2.32. The number of nitrogens with zero attached hydrogens (tertiary/aromatic N) is 2. The summed E-state index contributed by atoms with van der Waals surface area (Å²) in [5.41, 5.74) is 5.74. The summed E-state index contributed by atoms with van der Waals surface area (Å²) in [5.74, 6) is 2.31. The largest absolute Gasteiger partial charge is 0.444 e. The Labute approximate surface area is 96.8 Å². The molecule has 0 aliphatic carbocycles. The molecular weight excluding hydrogens is 202 g/mol. The van der Waals surface area contributed by atoms with Crippen molar-refractivity contribution in [2.24, 2.45) is 11.7 Å². The predicted octanol–water partition coefficient (Wildman–Crippen LogP) is 1.58. The van der Waals surface area contributed by atoms with Crippen LogP contribution in [0.1, 0.15) is 37.5 Å². The maximum Gasteiger partial charge on any atom is 0.194 e. The molecule has 0 bridgehead atoms. The molecule has 0 aromatic carbocycles. The van der Waals surface area contributed by atoms with Gasteiger partial charge in [-0.05, 0) is 39.3 Å². The zero-order valence-electron chi connectivity index (χ0n) is 10.1. The Balaban J connectivity index is 1.92. The second kappa shape index (κ2) is 4.97. The normalized spacial score (nSPS) is 24.6. The number of piperidine rings is 1. The Morgan fingerprint density at radius 1 is 1.69 bits per heavy atom. The number of hydrogen-bond acceptors (Lipinski definition) is 4. The summed E-state index contributed by atoms with van der Waals surface area (Å²) in [6, 6.07) is -0.0599. The van der Waals surface area contributed by atoms with Gasteiger partial charge < -0.3 is 15.1 Å². The van der Waals surface area contributed by atoms with Crippen molar-refractivity contribution in [3.05, 3.63) is 17.8 Å². The standard InChI is InChI=1S/C12H21N3O/c1-9(13)11-7-14-12(16-11)6-10-4-3-5-15(2)8-10/h7,9-10H,3-6,8,13H2,1-2H3. The lowest BCUT2D eigenvalue weighted by Crippen LogP contribution is -2.33. The van der Waals surface area contributed by atoms with Crippen molar-refractivity contribution in [3.63, 3.8) is 0 Å². The number of aromatic nitrogens is 1. The minimum absolute atomic E-state index is 0.0599. The summed E-state index contributed by atoms with van der Waals surface area (Å²) in [5, 5.41) is 0. The molecule has 90 valence electrons. The van der Waals surface area contributed by atoms with Gasteiger partial charge in [0.1, 0.15) is 5.76 Å². The predicted molar refractivity (Wildman–Crippen MR) is 63.0 cm³/mol. The van der Waals surface area contributed by atoms with Crippen LogP contribution >= 0.6 is 0 Å². The molecule has 2 rings (SSSR count). The Hall–Kier alpha value is -0.870. The Kier molecular flexibility index (Phi) is 3.61. The third kappa shape index (κ3) is 2.83. The van der Waals surface area contributed by atoms with Crippen molar-refractivity contribution in [1.29, 1.82) is 0 Å². The average Bonchev–Trinajstić information content (AvgIpc) is 2.66. The van der Waals surface area contributed by atoms with Crippen LogP contribution in [0.2, 0.25) is 0 Å². The second-order valence-corrected chi connectivity index (χ2v) is 4.92. The van der Waals surface area contributed by atoms with E-state index < -0.39 is 0 Å². The number of hydrogen-bond donors (Lipinski definition) is 1. The van der Waals surface area contributed by atoms with Gasteiger partial charge in [-0.25, -0.2) is 4.98 Å². The number of oxazole rings is 1. The monoisotopic (exact) mass is 223 g/mol. The molecule has 0 spiro atoms. The maximum absolute atomic E-state index is 5.74. The van der Waals surface area contributed by atoms with Gasteiger partial charge in [0.15, 0.2) is 5.89 Å². The van der Waals surface area contributed by atoms with Crippen LogP contribution < -0.4 is 5.73 Å². The van der Waals surface area contributed by atoms with Gasteiger partial charge in [-0.3, -0.25) is 0 Å². The van der Waals surface area contributed by atoms with E-state index in [1.807, 2.05) is 6.92 Å². The van der Waals surface area contributed by atoms with E-state index in [0.29, 0.717) is 5.92 Å². The third-order valence-corrected chi connectivity index (χ3v) is 3.21. The Morgan fingerprint density at radius 3 is 3.12 bits per heavy atom. The lowest BCUT2D eigenvalue weighted by atomic mass is 9.95. The molecule has 0 radical (unpaired) electrons. The van der Waals surface area contributed by atoms with Crippen molar-refractivity contribution in [1.82, 2.24) is 9.88 Å². The first kappa shape index (κ1) is 11.6. The molecular formula is C12H21N3O. The van der Waals surface area contributed by atoms with Crippen molar-refractivity contribution in [2.45, 2.75) is 32.2 Å². The zero-order chi connectivity index (χ0) is 11.5. The molecule has 16 heavy (non-hydrogen) atoms. The van der Waals surface area contributed by atoms with Gasteiger partial charge in [0.25, 0.3) is 0 Å². The van der Waals surface area contributed by atoms with Gasteiger partial charge in [0.2, 0.25) is 0 Å². The summed E-state index contributed by atoms with van der Waals surface area (Å²) in [4.78, 5) is 6.67. The Morgan fingerprint density at radius 2 is 2.50 bits per heavy atom. The van der Waals surface area contributed by atoms with E-state index in [9.17, 15) is 0 Å². The van der Waals surface area contributed by atoms with Crippen LogP contribution in [0, 0.1) is 5.92 Å². The van der Waals surface area contributed by atoms with Gasteiger partial charge >= 0.3 is 0 Å². The topological polar surface area (TPSA) is 55.3 Å². The highest BCUT2D eigenvalue weighted by Crippen LogP contribution is 2.20. The molecule has 2 N–H and O–H groups in total. The molecule has 2 atom stereocenters. The van der Waals surface area contributed by atoms with Crippen molar-refractivity contribution < 1.29 is 4.42 Å². The van der Waals surface area contributed by atoms with Crippen LogP contribution in [0.3, 0.4) is 0 Å². The quantitative estimate of drug-likeness (QED) is 0.845. The van der Waals surface area contributed by atoms with E-state index in [-0.39, 0.29) is 6.04 Å². The van der Waals surface area contributed by atoms with E-state index in [4.69, 9.17) is 10.2 Å². The SMILES string of the molecule is CC(N)c1cnc(CC2CCCN(C)C2)o1. The third-order valence-electron chi connectivity index (χ3n) is 3.21. The highest BCUT2D eigenvalue weighted by Gasteiger charge is 2.19. The van der Waals surface area contributed by atoms with Crippen molar-refractivity contribution >= 4 is 0 Å². The summed E-state index contributed by atoms with van der Waals surface area (Å²) in [6.45, 7) is 4.28. The molecule has 2 unspecified atom stereocenters. The van der Waals surface area contributed by atoms with Gasteiger partial charge in [0, 0.05) is 13.0 Å². The van der Waals surface area contributed by atoms with Crippen molar-refractivity contribution in [2.75, 3.05) is 20.1 Å². The van der Waals surface area contributed by atoms with E-state index in [1.165, 1.54) is 19.4 Å². The molecule has 1 fully saturated rings. The van der Waals surface area contributed by atoms with Gasteiger partial charge in [-0.1, -0.05) is 0 Å². The molecule has 4 heteroatoms. The second-order valence-electron chi connectivity index (χ2n) is 4.92. The molecule has 0 saturated carbocycles. The molecule has 1 aromatic heterocycles. The summed E-state index contributed by atoms with van der Waals surface area (Å²) >= 11 is 0. The molecule has 1 aliphatic heterocycles. The number of nitrogens with two attached hydrogens (primary N) is 1. The molecule has 1 aromatic rings. The molecule has 4 nitrogen and oxygen atoms in total. The lowest BCUT2D eigenvalue weighted by Gasteiger charge is -2.28. The molecule has 1 aliphatic rings. The fraction of sp³-hybridized carbons (Fsp3) is 0.750. The van der Waals surface area contributed by atoms with Crippen LogP contribution in [0.15, 0.2) is 10.6 Å². The van der Waals surface area contributed by atoms with Crippen LogP contribution in [-0.2, 0) is 6.42 Å². The van der Waals surface area contributed by atoms with Gasteiger partial charge in [-0.2, -0.15) is 0 Å². The van der Waals surface area contributed by atoms with Crippen LogP contribution in [0.5, 0.6) is 0 Å². The van der Waals surface area contributed by atoms with Crippen LogP contribution in [-0.4, -0.2) is 30.0 Å². The molecule has 1 saturated heterocycles. The average molecular weight is 223 g/mol. The lowest BCUT2D eigenvalue weighted by molar-refractivity contribution is 0.201. The Bertz CT molecular complexity index is 335. The van der Waals surface area contributed by atoms with Gasteiger partial charge in [0.05, 0.1) is 12.2 Å².